The van der Waals surface area contributed by atoms with E-state index in [1.165, 1.54) is 12.1 Å². The van der Waals surface area contributed by atoms with E-state index in [1.807, 2.05) is 36.4 Å². The number of methoxy groups -OCH3 is 2. The summed E-state index contributed by atoms with van der Waals surface area (Å²) in [4.78, 5) is 20.1. The van der Waals surface area contributed by atoms with Crippen LogP contribution in [0.25, 0.3) is 11.3 Å². The summed E-state index contributed by atoms with van der Waals surface area (Å²) >= 11 is 0. The molecule has 2 heterocycles. The van der Waals surface area contributed by atoms with Crippen molar-refractivity contribution in [3.63, 3.8) is 0 Å². The Morgan fingerprint density at radius 2 is 1.84 bits per heavy atom. The van der Waals surface area contributed by atoms with Crippen molar-refractivity contribution in [2.45, 2.75) is 6.04 Å². The molecule has 2 aromatic carbocycles. The number of hydrogen-bond donors (Lipinski definition) is 0. The van der Waals surface area contributed by atoms with Crippen molar-refractivity contribution in [1.82, 2.24) is 9.88 Å². The molecule has 4 rings (SSSR count). The number of amides is 1. The summed E-state index contributed by atoms with van der Waals surface area (Å²) in [5.41, 5.74) is 3.43. The molecule has 31 heavy (non-hydrogen) atoms. The molecule has 7 heteroatoms. The smallest absolute Gasteiger partial charge is 0.219 e. The Morgan fingerprint density at radius 3 is 2.55 bits per heavy atom. The van der Waals surface area contributed by atoms with Crippen LogP contribution in [0.3, 0.4) is 0 Å². The molecular weight excluding hydrogens is 397 g/mol. The Morgan fingerprint density at radius 1 is 1.03 bits per heavy atom. The van der Waals surface area contributed by atoms with Gasteiger partial charge in [0, 0.05) is 36.4 Å². The Bertz CT molecular complexity index is 1060. The minimum absolute atomic E-state index is 0.175. The fraction of sp³-hybridized carbons (Fsp3) is 0.250. The van der Waals surface area contributed by atoms with E-state index in [2.05, 4.69) is 4.90 Å². The van der Waals surface area contributed by atoms with Crippen molar-refractivity contribution >= 4 is 12.1 Å². The third-order valence-corrected chi connectivity index (χ3v) is 5.53. The van der Waals surface area contributed by atoms with E-state index in [0.717, 1.165) is 34.7 Å². The number of carbonyl (C=O) groups excluding carboxylic acids is 1. The van der Waals surface area contributed by atoms with Crippen LogP contribution >= 0.6 is 0 Å². The lowest BCUT2D eigenvalue weighted by Gasteiger charge is -2.42. The van der Waals surface area contributed by atoms with Crippen LogP contribution in [0.2, 0.25) is 0 Å². The lowest BCUT2D eigenvalue weighted by Crippen LogP contribution is -2.48. The van der Waals surface area contributed by atoms with Gasteiger partial charge in [0.25, 0.3) is 0 Å². The molecule has 1 amide bonds. The second-order valence-electron chi connectivity index (χ2n) is 7.31. The number of nitrogens with zero attached hydrogens (tertiary/aromatic N) is 3. The van der Waals surface area contributed by atoms with Gasteiger partial charge in [-0.05, 0) is 48.5 Å². The minimum Gasteiger partial charge on any atom is -0.497 e. The van der Waals surface area contributed by atoms with Crippen molar-refractivity contribution in [2.75, 3.05) is 38.8 Å². The summed E-state index contributed by atoms with van der Waals surface area (Å²) in [5, 5.41) is 0. The van der Waals surface area contributed by atoms with E-state index in [0.29, 0.717) is 25.5 Å². The molecule has 6 nitrogen and oxygen atoms in total. The molecule has 0 aliphatic carbocycles. The number of halogens is 1. The summed E-state index contributed by atoms with van der Waals surface area (Å²) in [7, 11) is 3.21. The lowest BCUT2D eigenvalue weighted by molar-refractivity contribution is -0.118. The average molecular weight is 421 g/mol. The number of carbonyl (C=O) groups is 1. The van der Waals surface area contributed by atoms with Crippen molar-refractivity contribution in [2.24, 2.45) is 0 Å². The molecule has 1 atom stereocenters. The standard InChI is InChI=1S/C24H24FN3O3/c1-30-20-5-3-4-17(14-20)22-11-10-21(24(26-22)31-2)23-15-27(16-29)12-13-28(23)19-8-6-18(25)7-9-19/h3-11,14,16,23H,12-13,15H2,1-2H3. The highest BCUT2D eigenvalue weighted by Gasteiger charge is 2.31. The second-order valence-corrected chi connectivity index (χ2v) is 7.31. The van der Waals surface area contributed by atoms with E-state index in [-0.39, 0.29) is 11.9 Å². The maximum Gasteiger partial charge on any atom is 0.219 e. The number of hydrogen-bond acceptors (Lipinski definition) is 5. The van der Waals surface area contributed by atoms with E-state index in [4.69, 9.17) is 14.5 Å². The number of pyridine rings is 1. The highest BCUT2D eigenvalue weighted by Crippen LogP contribution is 2.36. The van der Waals surface area contributed by atoms with Crippen LogP contribution < -0.4 is 14.4 Å². The molecule has 0 saturated carbocycles. The van der Waals surface area contributed by atoms with Crippen LogP contribution in [0.1, 0.15) is 11.6 Å². The number of anilines is 1. The van der Waals surface area contributed by atoms with Crippen LogP contribution in [0.5, 0.6) is 11.6 Å². The molecule has 1 unspecified atom stereocenters. The SMILES string of the molecule is COc1cccc(-c2ccc(C3CN(C=O)CCN3c3ccc(F)cc3)c(OC)n2)c1. The van der Waals surface area contributed by atoms with Gasteiger partial charge in [-0.15, -0.1) is 0 Å². The molecule has 3 aromatic rings. The van der Waals surface area contributed by atoms with E-state index in [1.54, 1.807) is 31.3 Å². The molecule has 1 saturated heterocycles. The summed E-state index contributed by atoms with van der Waals surface area (Å²) in [5.74, 6) is 0.956. The van der Waals surface area contributed by atoms with Gasteiger partial charge in [0.05, 0.1) is 26.0 Å². The van der Waals surface area contributed by atoms with Gasteiger partial charge in [-0.1, -0.05) is 12.1 Å². The molecule has 0 bridgehead atoms. The number of benzene rings is 2. The zero-order valence-corrected chi connectivity index (χ0v) is 17.5. The van der Waals surface area contributed by atoms with E-state index in [9.17, 15) is 9.18 Å². The normalized spacial score (nSPS) is 16.2. The first-order chi connectivity index (χ1) is 15.1. The lowest BCUT2D eigenvalue weighted by atomic mass is 10.0. The van der Waals surface area contributed by atoms with Gasteiger partial charge < -0.3 is 19.3 Å². The van der Waals surface area contributed by atoms with Gasteiger partial charge in [0.1, 0.15) is 11.6 Å². The third kappa shape index (κ3) is 4.30. The monoisotopic (exact) mass is 421 g/mol. The maximum absolute atomic E-state index is 13.5. The van der Waals surface area contributed by atoms with Gasteiger partial charge in [0.2, 0.25) is 12.3 Å². The number of aromatic nitrogens is 1. The molecule has 0 N–H and O–H groups in total. The highest BCUT2D eigenvalue weighted by molar-refractivity contribution is 5.63. The molecule has 1 aliphatic heterocycles. The second kappa shape index (κ2) is 9.04. The summed E-state index contributed by atoms with van der Waals surface area (Å²) in [6.45, 7) is 1.70. The number of rotatable bonds is 6. The number of piperazine rings is 1. The van der Waals surface area contributed by atoms with Crippen LogP contribution in [-0.4, -0.2) is 50.1 Å². The molecule has 1 aliphatic rings. The molecular formula is C24H24FN3O3. The van der Waals surface area contributed by atoms with E-state index < -0.39 is 0 Å². The van der Waals surface area contributed by atoms with Crippen LogP contribution in [0.15, 0.2) is 60.7 Å². The van der Waals surface area contributed by atoms with Gasteiger partial charge in [0.15, 0.2) is 0 Å². The molecule has 0 spiro atoms. The number of ether oxygens (including phenoxy) is 2. The van der Waals surface area contributed by atoms with E-state index >= 15 is 0 Å². The fourth-order valence-electron chi connectivity index (χ4n) is 3.92. The first kappa shape index (κ1) is 20.7. The van der Waals surface area contributed by atoms with Gasteiger partial charge in [-0.2, -0.15) is 0 Å². The molecule has 1 aromatic heterocycles. The Kier molecular flexibility index (Phi) is 6.02. The quantitative estimate of drug-likeness (QED) is 0.565. The zero-order chi connectivity index (χ0) is 21.8. The van der Waals surface area contributed by atoms with Crippen molar-refractivity contribution < 1.29 is 18.7 Å². The summed E-state index contributed by atoms with van der Waals surface area (Å²) in [6, 6.07) is 17.8. The molecule has 1 fully saturated rings. The van der Waals surface area contributed by atoms with Gasteiger partial charge in [-0.3, -0.25) is 4.79 Å². The van der Waals surface area contributed by atoms with Gasteiger partial charge >= 0.3 is 0 Å². The predicted molar refractivity (Wildman–Crippen MR) is 117 cm³/mol. The van der Waals surface area contributed by atoms with Crippen LogP contribution in [0.4, 0.5) is 10.1 Å². The largest absolute Gasteiger partial charge is 0.497 e. The molecule has 160 valence electrons. The fourth-order valence-corrected chi connectivity index (χ4v) is 3.92. The highest BCUT2D eigenvalue weighted by atomic mass is 19.1. The summed E-state index contributed by atoms with van der Waals surface area (Å²) < 4.78 is 24.4. The third-order valence-electron chi connectivity index (χ3n) is 5.53. The summed E-state index contributed by atoms with van der Waals surface area (Å²) in [6.07, 6.45) is 0.861. The van der Waals surface area contributed by atoms with Crippen molar-refractivity contribution in [3.8, 4) is 22.9 Å². The minimum atomic E-state index is -0.284. The van der Waals surface area contributed by atoms with Crippen LogP contribution in [-0.2, 0) is 4.79 Å². The Labute approximate surface area is 180 Å². The van der Waals surface area contributed by atoms with Crippen molar-refractivity contribution in [1.29, 1.82) is 0 Å². The van der Waals surface area contributed by atoms with Crippen LogP contribution in [0, 0.1) is 5.82 Å². The molecule has 0 radical (unpaired) electrons. The Hall–Kier alpha value is -3.61. The topological polar surface area (TPSA) is 54.9 Å². The van der Waals surface area contributed by atoms with Gasteiger partial charge in [-0.25, -0.2) is 9.37 Å². The first-order valence-electron chi connectivity index (χ1n) is 10.0. The zero-order valence-electron chi connectivity index (χ0n) is 17.5. The maximum atomic E-state index is 13.5. The first-order valence-corrected chi connectivity index (χ1v) is 10.0. The average Bonchev–Trinajstić information content (AvgIpc) is 2.83. The Balaban J connectivity index is 1.73. The predicted octanol–water partition coefficient (Wildman–Crippen LogP) is 3.92. The van der Waals surface area contributed by atoms with Crippen molar-refractivity contribution in [3.05, 3.63) is 72.0 Å².